The fourth-order valence-corrected chi connectivity index (χ4v) is 13.1. The molecule has 0 amide bonds. The van der Waals surface area contributed by atoms with Crippen molar-refractivity contribution in [3.05, 3.63) is 246 Å². The quantitative estimate of drug-likeness (QED) is 0.135. The van der Waals surface area contributed by atoms with Crippen molar-refractivity contribution in [3.8, 4) is 61.8 Å². The first-order valence-corrected chi connectivity index (χ1v) is 30.5. The van der Waals surface area contributed by atoms with Gasteiger partial charge in [-0.3, -0.25) is 0 Å². The molecule has 6 heteroatoms. The van der Waals surface area contributed by atoms with E-state index < -0.39 is 6.85 Å². The molecule has 0 saturated heterocycles. The molecule has 87 heavy (non-hydrogen) atoms. The molecule has 1 aliphatic carbocycles. The Balaban J connectivity index is 0.00000785. The zero-order valence-electron chi connectivity index (χ0n) is 55.5. The van der Waals surface area contributed by atoms with Crippen LogP contribution in [0.25, 0.3) is 72.1 Å². The number of hydrogen-bond acceptors (Lipinski definition) is 4. The van der Waals surface area contributed by atoms with Crippen LogP contribution in [0.15, 0.2) is 194 Å². The SMILES string of the molecule is [2H]C([2H])([2H])c1cc(-n2c3[c-]c(Oc4[c-]c(N5[CH-]N(c6c(-c7ccccc7)cc(C(C)(C)C)cc6-c6cc(-c7ccccc7)cc(C(C)(C)C)c6)c6ccccc65)ccc4)ccc3c3ccc(C(C)(C)C)cc32)ncc1-c1cccc2c1C(C)(C)CCC2(C)C.[Pt]. The number of rotatable bonds is 9. The van der Waals surface area contributed by atoms with Crippen molar-refractivity contribution in [2.24, 2.45) is 0 Å². The predicted molar refractivity (Wildman–Crippen MR) is 362 cm³/mol. The molecule has 0 unspecified atom stereocenters. The summed E-state index contributed by atoms with van der Waals surface area (Å²) < 4.78 is 36.3. The molecule has 2 aliphatic rings. The van der Waals surface area contributed by atoms with Crippen LogP contribution in [0.5, 0.6) is 11.5 Å². The zero-order valence-corrected chi connectivity index (χ0v) is 54.8. The molecular formula is C81H79N4OPt-3. The fraction of sp³-hybridized carbons (Fsp3) is 0.259. The first-order valence-electron chi connectivity index (χ1n) is 32.0. The van der Waals surface area contributed by atoms with Gasteiger partial charge in [-0.15, -0.1) is 48.1 Å². The zero-order chi connectivity index (χ0) is 62.7. The third kappa shape index (κ3) is 10.9. The van der Waals surface area contributed by atoms with Gasteiger partial charge in [-0.1, -0.05) is 211 Å². The van der Waals surface area contributed by atoms with Crippen LogP contribution in [0.1, 0.15) is 140 Å². The van der Waals surface area contributed by atoms with Crippen LogP contribution in [0.2, 0.25) is 0 Å². The number of anilines is 4. The van der Waals surface area contributed by atoms with Crippen molar-refractivity contribution in [2.45, 2.75) is 137 Å². The third-order valence-corrected chi connectivity index (χ3v) is 18.2. The molecule has 0 spiro atoms. The van der Waals surface area contributed by atoms with Gasteiger partial charge in [-0.25, -0.2) is 4.98 Å². The number of aryl methyl sites for hydroxylation is 1. The van der Waals surface area contributed by atoms with Gasteiger partial charge in [0.15, 0.2) is 0 Å². The second kappa shape index (κ2) is 22.0. The molecule has 0 saturated carbocycles. The molecule has 0 bridgehead atoms. The number of nitrogens with zero attached hydrogens (tertiary/aromatic N) is 4. The maximum atomic E-state index is 9.11. The second-order valence-corrected chi connectivity index (χ2v) is 28.3. The Hall–Kier alpha value is -7.98. The van der Waals surface area contributed by atoms with Gasteiger partial charge in [0.1, 0.15) is 5.82 Å². The van der Waals surface area contributed by atoms with Crippen LogP contribution in [-0.2, 0) is 48.1 Å². The van der Waals surface area contributed by atoms with Crippen molar-refractivity contribution >= 4 is 44.6 Å². The number of pyridine rings is 1. The van der Waals surface area contributed by atoms with E-state index in [1.165, 1.54) is 33.4 Å². The molecule has 5 nitrogen and oxygen atoms in total. The summed E-state index contributed by atoms with van der Waals surface area (Å²) in [5, 5.41) is 1.95. The summed E-state index contributed by atoms with van der Waals surface area (Å²) in [5.74, 6) is 1.49. The molecule has 11 aromatic rings. The number of hydrogen-bond donors (Lipinski definition) is 0. The Kier molecular flexibility index (Phi) is 14.1. The molecule has 1 aliphatic heterocycles. The minimum absolute atomic E-state index is 0. The number of benzene rings is 9. The van der Waals surface area contributed by atoms with Gasteiger partial charge in [0.2, 0.25) is 0 Å². The monoisotopic (exact) mass is 1320 g/mol. The first kappa shape index (κ1) is 55.6. The van der Waals surface area contributed by atoms with E-state index >= 15 is 0 Å². The molecule has 0 radical (unpaired) electrons. The normalized spacial score (nSPS) is 15.3. The van der Waals surface area contributed by atoms with E-state index in [0.717, 1.165) is 90.8 Å². The Bertz CT molecular complexity index is 4560. The third-order valence-electron chi connectivity index (χ3n) is 18.2. The van der Waals surface area contributed by atoms with E-state index in [9.17, 15) is 0 Å². The smallest absolute Gasteiger partial charge is 0.135 e. The van der Waals surface area contributed by atoms with Crippen LogP contribution < -0.4 is 14.5 Å². The van der Waals surface area contributed by atoms with Crippen molar-refractivity contribution in [1.82, 2.24) is 9.55 Å². The van der Waals surface area contributed by atoms with Crippen LogP contribution in [0, 0.1) is 25.7 Å². The number of fused-ring (bicyclic) bond motifs is 5. The van der Waals surface area contributed by atoms with Crippen LogP contribution in [0.3, 0.4) is 0 Å². The largest absolute Gasteiger partial charge is 0.509 e. The van der Waals surface area contributed by atoms with E-state index in [1.807, 2.05) is 18.2 Å². The van der Waals surface area contributed by atoms with E-state index in [1.54, 1.807) is 12.3 Å². The standard InChI is InChI=1S/C81H79N4O.Pt/c1-52-41-74(82-50-68(52)65-31-24-32-69-75(65)81(13,14)40-39-80(69,11)12)85-72-47-57(77(2,3)4)35-37-63(72)64-38-36-62(49-73(64)85)86-61-30-23-29-60(48-61)83-51-84(71-34-22-21-33-70(71)83)76-66(54-27-19-16-20-28-54)45-59(79(8,9)10)46-67(76)56-42-55(53-25-17-15-18-26-53)43-58(44-56)78(5,6)7;/h15-38,41-47,50-51H,39-40H2,1-14H3;/q-3;/i1D3;. The number of ether oxygens (including phenoxy) is 1. The Morgan fingerprint density at radius 1 is 0.506 bits per heavy atom. The molecule has 3 heterocycles. The summed E-state index contributed by atoms with van der Waals surface area (Å²) in [6.45, 7) is 29.3. The van der Waals surface area contributed by atoms with Gasteiger partial charge in [-0.05, 0) is 156 Å². The minimum Gasteiger partial charge on any atom is -0.509 e. The average molecular weight is 1320 g/mol. The molecular weight excluding hydrogens is 1240 g/mol. The van der Waals surface area contributed by atoms with Crippen LogP contribution in [-0.4, -0.2) is 9.55 Å². The first-order chi connectivity index (χ1) is 42.1. The Morgan fingerprint density at radius 3 is 1.79 bits per heavy atom. The van der Waals surface area contributed by atoms with Gasteiger partial charge in [0, 0.05) is 82.1 Å². The number of para-hydroxylation sites is 2. The van der Waals surface area contributed by atoms with Gasteiger partial charge in [-0.2, -0.15) is 12.1 Å². The second-order valence-electron chi connectivity index (χ2n) is 28.3. The maximum Gasteiger partial charge on any atom is 0.135 e. The molecule has 2 aromatic heterocycles. The summed E-state index contributed by atoms with van der Waals surface area (Å²) in [4.78, 5) is 9.81. The van der Waals surface area contributed by atoms with E-state index in [0.29, 0.717) is 22.9 Å². The number of aromatic nitrogens is 2. The fourth-order valence-electron chi connectivity index (χ4n) is 13.1. The van der Waals surface area contributed by atoms with Crippen molar-refractivity contribution in [2.75, 3.05) is 9.80 Å². The molecule has 0 N–H and O–H groups in total. The summed E-state index contributed by atoms with van der Waals surface area (Å²) >= 11 is 0. The van der Waals surface area contributed by atoms with E-state index in [-0.39, 0.29) is 53.7 Å². The molecule has 0 atom stereocenters. The van der Waals surface area contributed by atoms with Crippen molar-refractivity contribution < 1.29 is 29.9 Å². The van der Waals surface area contributed by atoms with Gasteiger partial charge < -0.3 is 19.1 Å². The summed E-state index contributed by atoms with van der Waals surface area (Å²) in [7, 11) is 0. The minimum atomic E-state index is -2.45. The summed E-state index contributed by atoms with van der Waals surface area (Å²) in [5.41, 5.74) is 19.7. The van der Waals surface area contributed by atoms with Gasteiger partial charge >= 0.3 is 0 Å². The Labute approximate surface area is 535 Å². The average Bonchev–Trinajstić information content (AvgIpc) is 1.14. The topological polar surface area (TPSA) is 33.5 Å². The summed E-state index contributed by atoms with van der Waals surface area (Å²) in [6.07, 6.45) is 3.84. The molecule has 442 valence electrons. The molecule has 0 fully saturated rings. The molecule has 9 aromatic carbocycles. The van der Waals surface area contributed by atoms with Crippen LogP contribution >= 0.6 is 0 Å². The summed E-state index contributed by atoms with van der Waals surface area (Å²) in [6, 6.07) is 74.2. The van der Waals surface area contributed by atoms with Crippen LogP contribution in [0.4, 0.5) is 22.7 Å². The van der Waals surface area contributed by atoms with E-state index in [4.69, 9.17) is 13.8 Å². The predicted octanol–water partition coefficient (Wildman–Crippen LogP) is 22.2. The van der Waals surface area contributed by atoms with E-state index in [2.05, 4.69) is 287 Å². The van der Waals surface area contributed by atoms with Crippen molar-refractivity contribution in [3.63, 3.8) is 0 Å². The van der Waals surface area contributed by atoms with Gasteiger partial charge in [0.05, 0.1) is 0 Å². The van der Waals surface area contributed by atoms with Gasteiger partial charge in [0.25, 0.3) is 0 Å². The Morgan fingerprint density at radius 2 is 1.10 bits per heavy atom. The van der Waals surface area contributed by atoms with Crippen molar-refractivity contribution in [1.29, 1.82) is 0 Å². The maximum absolute atomic E-state index is 9.11. The molecule has 13 rings (SSSR count).